The van der Waals surface area contributed by atoms with Gasteiger partial charge in [0.1, 0.15) is 0 Å². The van der Waals surface area contributed by atoms with Crippen molar-refractivity contribution in [3.05, 3.63) is 237 Å². The number of aromatic nitrogens is 1. The molecule has 0 atom stereocenters. The van der Waals surface area contributed by atoms with E-state index in [2.05, 4.69) is 241 Å². The summed E-state index contributed by atoms with van der Waals surface area (Å²) in [6, 6.07) is 87.6. The highest BCUT2D eigenvalue weighted by Crippen LogP contribution is 2.51. The first-order valence-electron chi connectivity index (χ1n) is 22.8. The lowest BCUT2D eigenvalue weighted by molar-refractivity contribution is 1.18. The molecule has 2 heterocycles. The van der Waals surface area contributed by atoms with Gasteiger partial charge in [-0.1, -0.05) is 200 Å². The molecule has 0 unspecified atom stereocenters. The van der Waals surface area contributed by atoms with Crippen molar-refractivity contribution in [2.75, 3.05) is 0 Å². The summed E-state index contributed by atoms with van der Waals surface area (Å²) in [4.78, 5) is 0. The summed E-state index contributed by atoms with van der Waals surface area (Å²) in [6.45, 7) is 0. The number of rotatable bonds is 5. The van der Waals surface area contributed by atoms with Crippen molar-refractivity contribution in [1.29, 1.82) is 0 Å². The van der Waals surface area contributed by atoms with Crippen LogP contribution < -0.4 is 0 Å². The zero-order valence-corrected chi connectivity index (χ0v) is 36.7. The lowest BCUT2D eigenvalue weighted by Gasteiger charge is -2.19. The molecule has 0 fully saturated rings. The van der Waals surface area contributed by atoms with Gasteiger partial charge < -0.3 is 4.57 Å². The summed E-state index contributed by atoms with van der Waals surface area (Å²) < 4.78 is 5.01. The van der Waals surface area contributed by atoms with Crippen LogP contribution in [-0.4, -0.2) is 4.57 Å². The van der Waals surface area contributed by atoms with E-state index in [-0.39, 0.29) is 0 Å². The molecule has 0 aliphatic carbocycles. The Labute approximate surface area is 385 Å². The second-order valence-corrected chi connectivity index (χ2v) is 18.5. The summed E-state index contributed by atoms with van der Waals surface area (Å²) in [5, 5.41) is 15.3. The van der Waals surface area contributed by atoms with Crippen molar-refractivity contribution in [3.8, 4) is 50.2 Å². The van der Waals surface area contributed by atoms with Gasteiger partial charge in [-0.05, 0) is 124 Å². The predicted octanol–water partition coefficient (Wildman–Crippen LogP) is 18.4. The Balaban J connectivity index is 1.01. The summed E-state index contributed by atoms with van der Waals surface area (Å²) in [5.74, 6) is 0. The standard InChI is InChI=1S/C64H39NS/c1-3-19-40(20-4-1)59-43-23-7-9-25-45(43)60(46-26-10-8-24-44(46)59)41-37-38-52-58(39-41)66-57-36-18-33-54(64(52)57)62-49-29-13-11-27-47(49)61(48-28-12-14-30-50(48)62)53-32-17-35-56-63(53)51-31-15-16-34-55(51)65(56)42-21-5-2-6-22-42/h1-39H. The third-order valence-electron chi connectivity index (χ3n) is 14.0. The Hall–Kier alpha value is -8.30. The third kappa shape index (κ3) is 5.40. The van der Waals surface area contributed by atoms with Crippen molar-refractivity contribution in [1.82, 2.24) is 4.57 Å². The molecule has 0 spiro atoms. The Morgan fingerprint density at radius 3 is 1.27 bits per heavy atom. The zero-order chi connectivity index (χ0) is 43.3. The molecule has 14 aromatic rings. The lowest BCUT2D eigenvalue weighted by Crippen LogP contribution is -1.94. The average molecular weight is 854 g/mol. The Morgan fingerprint density at radius 1 is 0.258 bits per heavy atom. The minimum absolute atomic E-state index is 1.16. The number of thiophene rings is 1. The molecule has 0 saturated carbocycles. The van der Waals surface area contributed by atoms with E-state index in [0.29, 0.717) is 0 Å². The number of benzene rings is 12. The van der Waals surface area contributed by atoms with Crippen molar-refractivity contribution < 1.29 is 0 Å². The van der Waals surface area contributed by atoms with Gasteiger partial charge in [-0.2, -0.15) is 0 Å². The van der Waals surface area contributed by atoms with Crippen LogP contribution in [0.5, 0.6) is 0 Å². The molecule has 66 heavy (non-hydrogen) atoms. The highest BCUT2D eigenvalue weighted by Gasteiger charge is 2.24. The van der Waals surface area contributed by atoms with Crippen LogP contribution in [-0.2, 0) is 0 Å². The molecule has 12 aromatic carbocycles. The van der Waals surface area contributed by atoms with Crippen LogP contribution in [0.15, 0.2) is 237 Å². The smallest absolute Gasteiger partial charge is 0.0547 e. The molecular formula is C64H39NS. The minimum Gasteiger partial charge on any atom is -0.309 e. The van der Waals surface area contributed by atoms with Crippen LogP contribution in [0.3, 0.4) is 0 Å². The van der Waals surface area contributed by atoms with Crippen LogP contribution in [0, 0.1) is 0 Å². The number of fused-ring (bicyclic) bond motifs is 10. The lowest BCUT2D eigenvalue weighted by atomic mass is 9.84. The SMILES string of the molecule is c1ccc(-c2c3ccccc3c(-c3ccc4c(c3)sc3cccc(-c5c6ccccc6c(-c6cccc7c6c6ccccc6n7-c6ccccc6)c6ccccc56)c34)c3ccccc23)cc1. The molecule has 0 aliphatic heterocycles. The summed E-state index contributed by atoms with van der Waals surface area (Å²) in [7, 11) is 0. The largest absolute Gasteiger partial charge is 0.309 e. The maximum Gasteiger partial charge on any atom is 0.0547 e. The zero-order valence-electron chi connectivity index (χ0n) is 35.9. The van der Waals surface area contributed by atoms with Crippen LogP contribution in [0.1, 0.15) is 0 Å². The molecule has 1 nitrogen and oxygen atoms in total. The van der Waals surface area contributed by atoms with Crippen molar-refractivity contribution >= 4 is 96.4 Å². The highest BCUT2D eigenvalue weighted by molar-refractivity contribution is 7.26. The fourth-order valence-electron chi connectivity index (χ4n) is 11.3. The van der Waals surface area contributed by atoms with Gasteiger partial charge in [-0.3, -0.25) is 0 Å². The summed E-state index contributed by atoms with van der Waals surface area (Å²) in [5.41, 5.74) is 13.7. The fraction of sp³-hybridized carbons (Fsp3) is 0. The van der Waals surface area contributed by atoms with Crippen LogP contribution in [0.2, 0.25) is 0 Å². The van der Waals surface area contributed by atoms with Gasteiger partial charge in [0, 0.05) is 36.6 Å². The topological polar surface area (TPSA) is 4.93 Å². The van der Waals surface area contributed by atoms with E-state index in [1.165, 1.54) is 130 Å². The van der Waals surface area contributed by atoms with Crippen LogP contribution in [0.4, 0.5) is 0 Å². The van der Waals surface area contributed by atoms with Crippen molar-refractivity contribution in [3.63, 3.8) is 0 Å². The van der Waals surface area contributed by atoms with E-state index >= 15 is 0 Å². The highest BCUT2D eigenvalue weighted by atomic mass is 32.1. The van der Waals surface area contributed by atoms with Gasteiger partial charge in [0.25, 0.3) is 0 Å². The van der Waals surface area contributed by atoms with Gasteiger partial charge in [-0.15, -0.1) is 11.3 Å². The van der Waals surface area contributed by atoms with Gasteiger partial charge >= 0.3 is 0 Å². The third-order valence-corrected chi connectivity index (χ3v) is 15.1. The van der Waals surface area contributed by atoms with Crippen molar-refractivity contribution in [2.24, 2.45) is 0 Å². The molecule has 0 amide bonds. The average Bonchev–Trinajstić information content (AvgIpc) is 3.93. The normalized spacial score (nSPS) is 11.9. The van der Waals surface area contributed by atoms with E-state index in [1.807, 2.05) is 11.3 Å². The quantitative estimate of drug-likeness (QED) is 0.152. The molecular weight excluding hydrogens is 815 g/mol. The molecule has 306 valence electrons. The summed E-state index contributed by atoms with van der Waals surface area (Å²) >= 11 is 1.90. The van der Waals surface area contributed by atoms with Gasteiger partial charge in [0.15, 0.2) is 0 Å². The first kappa shape index (κ1) is 37.1. The Bertz CT molecular complexity index is 4160. The van der Waals surface area contributed by atoms with Crippen LogP contribution >= 0.6 is 11.3 Å². The number of nitrogens with zero attached hydrogens (tertiary/aromatic N) is 1. The minimum atomic E-state index is 1.16. The Kier molecular flexibility index (Phi) is 8.22. The fourth-order valence-corrected chi connectivity index (χ4v) is 12.5. The van der Waals surface area contributed by atoms with E-state index in [1.54, 1.807) is 0 Å². The molecule has 2 aromatic heterocycles. The maximum atomic E-state index is 2.45. The first-order valence-corrected chi connectivity index (χ1v) is 23.6. The second kappa shape index (κ2) is 14.6. The molecule has 0 saturated heterocycles. The van der Waals surface area contributed by atoms with Gasteiger partial charge in [0.2, 0.25) is 0 Å². The van der Waals surface area contributed by atoms with E-state index in [9.17, 15) is 0 Å². The number of hydrogen-bond acceptors (Lipinski definition) is 1. The van der Waals surface area contributed by atoms with E-state index in [4.69, 9.17) is 0 Å². The number of hydrogen-bond donors (Lipinski definition) is 0. The second-order valence-electron chi connectivity index (χ2n) is 17.4. The van der Waals surface area contributed by atoms with Crippen LogP contribution in [0.25, 0.3) is 135 Å². The molecule has 0 aliphatic rings. The molecule has 0 bridgehead atoms. The predicted molar refractivity (Wildman–Crippen MR) is 285 cm³/mol. The first-order chi connectivity index (χ1) is 32.8. The Morgan fingerprint density at radius 2 is 0.697 bits per heavy atom. The summed E-state index contributed by atoms with van der Waals surface area (Å²) in [6.07, 6.45) is 0. The van der Waals surface area contributed by atoms with Gasteiger partial charge in [0.05, 0.1) is 11.0 Å². The van der Waals surface area contributed by atoms with Gasteiger partial charge in [-0.25, -0.2) is 0 Å². The molecule has 14 rings (SSSR count). The monoisotopic (exact) mass is 853 g/mol. The number of para-hydroxylation sites is 2. The van der Waals surface area contributed by atoms with E-state index in [0.717, 1.165) is 5.69 Å². The molecule has 0 radical (unpaired) electrons. The molecule has 2 heteroatoms. The van der Waals surface area contributed by atoms with E-state index < -0.39 is 0 Å². The molecule has 0 N–H and O–H groups in total. The maximum absolute atomic E-state index is 2.45. The van der Waals surface area contributed by atoms with Crippen molar-refractivity contribution in [2.45, 2.75) is 0 Å².